The van der Waals surface area contributed by atoms with E-state index in [1.807, 2.05) is 36.4 Å². The minimum absolute atomic E-state index is 0.0536. The zero-order valence-electron chi connectivity index (χ0n) is 15.2. The van der Waals surface area contributed by atoms with Crippen LogP contribution in [0.15, 0.2) is 60.7 Å². The number of aldehydes is 1. The van der Waals surface area contributed by atoms with Crippen LogP contribution in [0.1, 0.15) is 30.4 Å². The quantitative estimate of drug-likeness (QED) is 0.535. The summed E-state index contributed by atoms with van der Waals surface area (Å²) in [5.41, 5.74) is 2.33. The first-order valence-corrected chi connectivity index (χ1v) is 9.53. The molecule has 0 aromatic heterocycles. The minimum atomic E-state index is -0.458. The zero-order chi connectivity index (χ0) is 18.2. The standard InChI is InChI=1S/C23H27NO2/c25-18-22(23(26)16-19-7-3-1-4-8-19)15-20-11-13-24(14-12-20)17-21-9-5-2-6-10-21/h1-10,18,20,22H,11-17H2. The van der Waals surface area contributed by atoms with Crippen molar-refractivity contribution in [3.05, 3.63) is 71.8 Å². The molecule has 0 spiro atoms. The predicted molar refractivity (Wildman–Crippen MR) is 104 cm³/mol. The third-order valence-corrected chi connectivity index (χ3v) is 5.34. The van der Waals surface area contributed by atoms with Gasteiger partial charge in [-0.25, -0.2) is 0 Å². The molecule has 3 nitrogen and oxygen atoms in total. The number of benzene rings is 2. The van der Waals surface area contributed by atoms with Gasteiger partial charge in [0.25, 0.3) is 0 Å². The summed E-state index contributed by atoms with van der Waals surface area (Å²) in [5.74, 6) is 0.0655. The Hall–Kier alpha value is -2.26. The summed E-state index contributed by atoms with van der Waals surface area (Å²) < 4.78 is 0. The number of rotatable bonds is 8. The summed E-state index contributed by atoms with van der Waals surface area (Å²) in [4.78, 5) is 26.4. The number of hydrogen-bond acceptors (Lipinski definition) is 3. The van der Waals surface area contributed by atoms with E-state index in [0.717, 1.165) is 44.3 Å². The molecule has 1 aliphatic rings. The molecule has 1 aliphatic heterocycles. The van der Waals surface area contributed by atoms with E-state index in [1.54, 1.807) is 0 Å². The van der Waals surface area contributed by atoms with Gasteiger partial charge in [0.15, 0.2) is 0 Å². The Kier molecular flexibility index (Phi) is 6.73. The molecule has 136 valence electrons. The van der Waals surface area contributed by atoms with Gasteiger partial charge in [-0.1, -0.05) is 60.7 Å². The molecule has 1 heterocycles. The second kappa shape index (κ2) is 9.44. The molecule has 3 heteroatoms. The molecule has 3 rings (SSSR count). The monoisotopic (exact) mass is 349 g/mol. The van der Waals surface area contributed by atoms with Crippen LogP contribution in [0.4, 0.5) is 0 Å². The van der Waals surface area contributed by atoms with Gasteiger partial charge < -0.3 is 4.79 Å². The maximum absolute atomic E-state index is 12.5. The van der Waals surface area contributed by atoms with E-state index in [-0.39, 0.29) is 5.78 Å². The molecule has 0 radical (unpaired) electrons. The van der Waals surface area contributed by atoms with Gasteiger partial charge in [0.1, 0.15) is 12.1 Å². The average molecular weight is 349 g/mol. The molecular formula is C23H27NO2. The van der Waals surface area contributed by atoms with Gasteiger partial charge in [0.2, 0.25) is 0 Å². The van der Waals surface area contributed by atoms with Gasteiger partial charge >= 0.3 is 0 Å². The van der Waals surface area contributed by atoms with E-state index >= 15 is 0 Å². The third-order valence-electron chi connectivity index (χ3n) is 5.34. The molecule has 0 saturated carbocycles. The second-order valence-electron chi connectivity index (χ2n) is 7.31. The first-order chi connectivity index (χ1) is 12.7. The molecule has 2 aromatic carbocycles. The zero-order valence-corrected chi connectivity index (χ0v) is 15.2. The fraction of sp³-hybridized carbons (Fsp3) is 0.391. The summed E-state index contributed by atoms with van der Waals surface area (Å²) in [6.45, 7) is 3.06. The maximum Gasteiger partial charge on any atom is 0.147 e. The van der Waals surface area contributed by atoms with E-state index in [9.17, 15) is 9.59 Å². The number of ketones is 1. The lowest BCUT2D eigenvalue weighted by Crippen LogP contribution is -2.34. The van der Waals surface area contributed by atoms with Gasteiger partial charge in [-0.05, 0) is 49.4 Å². The fourth-order valence-electron chi connectivity index (χ4n) is 3.77. The van der Waals surface area contributed by atoms with Crippen LogP contribution >= 0.6 is 0 Å². The van der Waals surface area contributed by atoms with Crippen LogP contribution in [-0.4, -0.2) is 30.1 Å². The van der Waals surface area contributed by atoms with E-state index in [4.69, 9.17) is 0 Å². The molecule has 1 unspecified atom stereocenters. The lowest BCUT2D eigenvalue weighted by Gasteiger charge is -2.32. The van der Waals surface area contributed by atoms with Crippen molar-refractivity contribution in [1.82, 2.24) is 4.90 Å². The molecular weight excluding hydrogens is 322 g/mol. The Labute approximate surface area is 156 Å². The molecule has 0 bridgehead atoms. The smallest absolute Gasteiger partial charge is 0.147 e. The summed E-state index contributed by atoms with van der Waals surface area (Å²) in [6.07, 6.45) is 4.05. The van der Waals surface area contributed by atoms with Crippen LogP contribution < -0.4 is 0 Å². The van der Waals surface area contributed by atoms with Gasteiger partial charge in [0, 0.05) is 13.0 Å². The van der Waals surface area contributed by atoms with Crippen LogP contribution in [0.2, 0.25) is 0 Å². The Morgan fingerprint density at radius 3 is 2.12 bits per heavy atom. The summed E-state index contributed by atoms with van der Waals surface area (Å²) in [6, 6.07) is 20.2. The second-order valence-corrected chi connectivity index (χ2v) is 7.31. The first kappa shape index (κ1) is 18.5. The van der Waals surface area contributed by atoms with Gasteiger partial charge in [-0.2, -0.15) is 0 Å². The Morgan fingerprint density at radius 1 is 0.962 bits per heavy atom. The molecule has 26 heavy (non-hydrogen) atoms. The van der Waals surface area contributed by atoms with Crippen molar-refractivity contribution in [2.45, 2.75) is 32.2 Å². The van der Waals surface area contributed by atoms with E-state index < -0.39 is 5.92 Å². The Balaban J connectivity index is 1.46. The largest absolute Gasteiger partial charge is 0.303 e. The van der Waals surface area contributed by atoms with Gasteiger partial charge in [-0.15, -0.1) is 0 Å². The molecule has 2 aromatic rings. The average Bonchev–Trinajstić information content (AvgIpc) is 2.69. The molecule has 0 N–H and O–H groups in total. The number of Topliss-reactive ketones (excluding diaryl/α,β-unsaturated/α-hetero) is 1. The fourth-order valence-corrected chi connectivity index (χ4v) is 3.77. The van der Waals surface area contributed by atoms with Crippen molar-refractivity contribution in [1.29, 1.82) is 0 Å². The Morgan fingerprint density at radius 2 is 1.54 bits per heavy atom. The van der Waals surface area contributed by atoms with Crippen LogP contribution in [0, 0.1) is 11.8 Å². The van der Waals surface area contributed by atoms with Crippen LogP contribution in [0.3, 0.4) is 0 Å². The van der Waals surface area contributed by atoms with Gasteiger partial charge in [-0.3, -0.25) is 9.69 Å². The van der Waals surface area contributed by atoms with Crippen molar-refractivity contribution >= 4 is 12.1 Å². The Bertz CT molecular complexity index is 691. The lowest BCUT2D eigenvalue weighted by atomic mass is 9.84. The normalized spacial score (nSPS) is 16.9. The number of piperidine rings is 1. The number of likely N-dealkylation sites (tertiary alicyclic amines) is 1. The van der Waals surface area contributed by atoms with Crippen LogP contribution in [0.5, 0.6) is 0 Å². The summed E-state index contributed by atoms with van der Waals surface area (Å²) >= 11 is 0. The lowest BCUT2D eigenvalue weighted by molar-refractivity contribution is -0.127. The minimum Gasteiger partial charge on any atom is -0.303 e. The highest BCUT2D eigenvalue weighted by atomic mass is 16.1. The number of carbonyl (C=O) groups excluding carboxylic acids is 2. The first-order valence-electron chi connectivity index (χ1n) is 9.53. The van der Waals surface area contributed by atoms with Gasteiger partial charge in [0.05, 0.1) is 5.92 Å². The van der Waals surface area contributed by atoms with Crippen molar-refractivity contribution in [3.63, 3.8) is 0 Å². The highest BCUT2D eigenvalue weighted by Crippen LogP contribution is 2.25. The van der Waals surface area contributed by atoms with E-state index in [1.165, 1.54) is 5.56 Å². The number of nitrogens with zero attached hydrogens (tertiary/aromatic N) is 1. The van der Waals surface area contributed by atoms with Crippen molar-refractivity contribution in [3.8, 4) is 0 Å². The molecule has 0 amide bonds. The van der Waals surface area contributed by atoms with Crippen LogP contribution in [0.25, 0.3) is 0 Å². The third kappa shape index (κ3) is 5.37. The predicted octanol–water partition coefficient (Wildman–Crippen LogP) is 3.92. The molecule has 0 aliphatic carbocycles. The number of hydrogen-bond donors (Lipinski definition) is 0. The summed E-state index contributed by atoms with van der Waals surface area (Å²) in [7, 11) is 0. The van der Waals surface area contributed by atoms with E-state index in [2.05, 4.69) is 29.2 Å². The molecule has 1 atom stereocenters. The molecule has 1 saturated heterocycles. The highest BCUT2D eigenvalue weighted by molar-refractivity contribution is 5.94. The topological polar surface area (TPSA) is 37.4 Å². The van der Waals surface area contributed by atoms with Crippen molar-refractivity contribution < 1.29 is 9.59 Å². The summed E-state index contributed by atoms with van der Waals surface area (Å²) in [5, 5.41) is 0. The number of carbonyl (C=O) groups is 2. The van der Waals surface area contributed by atoms with Crippen molar-refractivity contribution in [2.24, 2.45) is 11.8 Å². The SMILES string of the molecule is O=CC(CC1CCN(Cc2ccccc2)CC1)C(=O)Cc1ccccc1. The van der Waals surface area contributed by atoms with Crippen LogP contribution in [-0.2, 0) is 22.6 Å². The molecule has 1 fully saturated rings. The maximum atomic E-state index is 12.5. The van der Waals surface area contributed by atoms with Crippen molar-refractivity contribution in [2.75, 3.05) is 13.1 Å². The highest BCUT2D eigenvalue weighted by Gasteiger charge is 2.26. The van der Waals surface area contributed by atoms with E-state index in [0.29, 0.717) is 18.8 Å².